The fourth-order valence-electron chi connectivity index (χ4n) is 4.27. The molecule has 1 N–H and O–H groups in total. The molecule has 0 unspecified atom stereocenters. The lowest BCUT2D eigenvalue weighted by molar-refractivity contribution is -0.123. The second-order valence-corrected chi connectivity index (χ2v) is 7.80. The number of benzene rings is 3. The van der Waals surface area contributed by atoms with Crippen molar-refractivity contribution < 1.29 is 4.79 Å². The smallest absolute Gasteiger partial charge is 0.234 e. The Morgan fingerprint density at radius 3 is 2.00 bits per heavy atom. The average molecular weight is 368 g/mol. The van der Waals surface area contributed by atoms with Crippen molar-refractivity contribution in [3.05, 3.63) is 95.6 Å². The predicted octanol–water partition coefficient (Wildman–Crippen LogP) is 4.54. The number of nitrogens with one attached hydrogen (secondary N) is 1. The monoisotopic (exact) mass is 368 g/mol. The molecule has 1 saturated carbocycles. The van der Waals surface area contributed by atoms with Gasteiger partial charge in [-0.25, -0.2) is 0 Å². The van der Waals surface area contributed by atoms with Crippen LogP contribution in [0.2, 0.25) is 0 Å². The fraction of sp³-hybridized carbons (Fsp3) is 0.240. The van der Waals surface area contributed by atoms with Crippen LogP contribution in [0, 0.1) is 0 Å². The molecule has 0 radical (unpaired) electrons. The van der Waals surface area contributed by atoms with Crippen molar-refractivity contribution >= 4 is 5.91 Å². The minimum atomic E-state index is -0.0577. The normalized spacial score (nSPS) is 15.3. The SMILES string of the molecule is O=C(CN(Cc1ccccc1)C1CC1)NC1c2ccccc2-c2ccccc21. The minimum absolute atomic E-state index is 0.0577. The van der Waals surface area contributed by atoms with Gasteiger partial charge in [-0.15, -0.1) is 0 Å². The van der Waals surface area contributed by atoms with Crippen LogP contribution < -0.4 is 5.32 Å². The third-order valence-electron chi connectivity index (χ3n) is 5.78. The molecule has 0 spiro atoms. The highest BCUT2D eigenvalue weighted by Gasteiger charge is 2.33. The lowest BCUT2D eigenvalue weighted by atomic mass is 10.1. The van der Waals surface area contributed by atoms with Crippen molar-refractivity contribution in [2.75, 3.05) is 6.54 Å². The summed E-state index contributed by atoms with van der Waals surface area (Å²) in [5.41, 5.74) is 6.10. The molecule has 3 aromatic carbocycles. The van der Waals surface area contributed by atoms with Crippen LogP contribution in [0.1, 0.15) is 35.6 Å². The van der Waals surface area contributed by atoms with Crippen molar-refractivity contribution in [1.82, 2.24) is 10.2 Å². The number of carbonyl (C=O) groups is 1. The van der Waals surface area contributed by atoms with Gasteiger partial charge in [-0.05, 0) is 40.7 Å². The van der Waals surface area contributed by atoms with Crippen LogP contribution in [0.15, 0.2) is 78.9 Å². The Hall–Kier alpha value is -2.91. The molecule has 1 amide bonds. The van der Waals surface area contributed by atoms with Gasteiger partial charge in [-0.2, -0.15) is 0 Å². The zero-order valence-electron chi connectivity index (χ0n) is 15.8. The molecule has 2 aliphatic carbocycles. The minimum Gasteiger partial charge on any atom is -0.344 e. The Balaban J connectivity index is 1.34. The molecule has 28 heavy (non-hydrogen) atoms. The van der Waals surface area contributed by atoms with E-state index in [9.17, 15) is 4.79 Å². The van der Waals surface area contributed by atoms with Gasteiger partial charge in [0.2, 0.25) is 5.91 Å². The van der Waals surface area contributed by atoms with Gasteiger partial charge < -0.3 is 5.32 Å². The van der Waals surface area contributed by atoms with Crippen LogP contribution in [0.5, 0.6) is 0 Å². The maximum atomic E-state index is 13.0. The van der Waals surface area contributed by atoms with E-state index in [1.54, 1.807) is 0 Å². The summed E-state index contributed by atoms with van der Waals surface area (Å²) >= 11 is 0. The molecule has 0 heterocycles. The summed E-state index contributed by atoms with van der Waals surface area (Å²) in [6.07, 6.45) is 2.38. The van der Waals surface area contributed by atoms with E-state index in [1.165, 1.54) is 40.7 Å². The average Bonchev–Trinajstić information content (AvgIpc) is 3.54. The molecular formula is C25H24N2O. The molecule has 3 heteroatoms. The number of nitrogens with zero attached hydrogens (tertiary/aromatic N) is 1. The summed E-state index contributed by atoms with van der Waals surface area (Å²) in [6.45, 7) is 1.27. The lowest BCUT2D eigenvalue weighted by Gasteiger charge is -2.23. The van der Waals surface area contributed by atoms with Crippen LogP contribution in [0.4, 0.5) is 0 Å². The Morgan fingerprint density at radius 2 is 1.39 bits per heavy atom. The third kappa shape index (κ3) is 3.34. The van der Waals surface area contributed by atoms with Gasteiger partial charge in [-0.3, -0.25) is 9.69 Å². The molecule has 0 aliphatic heterocycles. The summed E-state index contributed by atoms with van der Waals surface area (Å²) in [5, 5.41) is 3.31. The molecule has 140 valence electrons. The zero-order valence-corrected chi connectivity index (χ0v) is 15.8. The highest BCUT2D eigenvalue weighted by molar-refractivity contribution is 5.84. The van der Waals surface area contributed by atoms with Crippen LogP contribution >= 0.6 is 0 Å². The molecule has 3 nitrogen and oxygen atoms in total. The second kappa shape index (κ2) is 7.25. The van der Waals surface area contributed by atoms with Crippen molar-refractivity contribution in [3.8, 4) is 11.1 Å². The first-order valence-corrected chi connectivity index (χ1v) is 10.0. The van der Waals surface area contributed by atoms with Crippen molar-refractivity contribution in [2.24, 2.45) is 0 Å². The van der Waals surface area contributed by atoms with Gasteiger partial charge in [0.05, 0.1) is 12.6 Å². The number of amides is 1. The molecule has 1 fully saturated rings. The largest absolute Gasteiger partial charge is 0.344 e. The highest BCUT2D eigenvalue weighted by Crippen LogP contribution is 2.43. The van der Waals surface area contributed by atoms with Crippen LogP contribution in [-0.2, 0) is 11.3 Å². The summed E-state index contributed by atoms with van der Waals surface area (Å²) in [6, 6.07) is 27.7. The highest BCUT2D eigenvalue weighted by atomic mass is 16.2. The Labute approximate surface area is 166 Å². The Bertz CT molecular complexity index is 949. The van der Waals surface area contributed by atoms with Crippen molar-refractivity contribution in [1.29, 1.82) is 0 Å². The molecule has 5 rings (SSSR count). The number of fused-ring (bicyclic) bond motifs is 3. The van der Waals surface area contributed by atoms with E-state index in [0.29, 0.717) is 12.6 Å². The number of carbonyl (C=O) groups excluding carboxylic acids is 1. The van der Waals surface area contributed by atoms with Gasteiger partial charge in [-0.1, -0.05) is 78.9 Å². The van der Waals surface area contributed by atoms with E-state index < -0.39 is 0 Å². The first-order valence-electron chi connectivity index (χ1n) is 10.0. The van der Waals surface area contributed by atoms with E-state index in [-0.39, 0.29) is 11.9 Å². The van der Waals surface area contributed by atoms with Crippen molar-refractivity contribution in [3.63, 3.8) is 0 Å². The van der Waals surface area contributed by atoms with E-state index in [0.717, 1.165) is 6.54 Å². The van der Waals surface area contributed by atoms with Gasteiger partial charge >= 0.3 is 0 Å². The Kier molecular flexibility index (Phi) is 4.46. The third-order valence-corrected chi connectivity index (χ3v) is 5.78. The number of hydrogen-bond donors (Lipinski definition) is 1. The first kappa shape index (κ1) is 17.2. The molecule has 2 aliphatic rings. The van der Waals surface area contributed by atoms with Gasteiger partial charge in [0.1, 0.15) is 0 Å². The van der Waals surface area contributed by atoms with Crippen LogP contribution in [-0.4, -0.2) is 23.4 Å². The molecule has 0 saturated heterocycles. The van der Waals surface area contributed by atoms with Crippen molar-refractivity contribution in [2.45, 2.75) is 31.5 Å². The van der Waals surface area contributed by atoms with E-state index in [2.05, 4.69) is 83.0 Å². The van der Waals surface area contributed by atoms with Gasteiger partial charge in [0.15, 0.2) is 0 Å². The van der Waals surface area contributed by atoms with Crippen LogP contribution in [0.25, 0.3) is 11.1 Å². The van der Waals surface area contributed by atoms with Crippen LogP contribution in [0.3, 0.4) is 0 Å². The molecule has 0 bridgehead atoms. The quantitative estimate of drug-likeness (QED) is 0.693. The molecule has 3 aromatic rings. The van der Waals surface area contributed by atoms with E-state index in [1.807, 2.05) is 6.07 Å². The molecule has 0 atom stereocenters. The maximum absolute atomic E-state index is 13.0. The standard InChI is InChI=1S/C25H24N2O/c28-24(17-27(19-14-15-19)16-18-8-2-1-3-9-18)26-25-22-12-6-4-10-20(22)21-11-5-7-13-23(21)25/h1-13,19,25H,14-17H2,(H,26,28). The van der Waals surface area contributed by atoms with Gasteiger partial charge in [0.25, 0.3) is 0 Å². The summed E-state index contributed by atoms with van der Waals surface area (Å²) < 4.78 is 0. The van der Waals surface area contributed by atoms with E-state index in [4.69, 9.17) is 0 Å². The first-order chi connectivity index (χ1) is 13.8. The fourth-order valence-corrected chi connectivity index (χ4v) is 4.27. The van der Waals surface area contributed by atoms with Gasteiger partial charge in [0, 0.05) is 12.6 Å². The summed E-state index contributed by atoms with van der Waals surface area (Å²) in [4.78, 5) is 15.3. The lowest BCUT2D eigenvalue weighted by Crippen LogP contribution is -2.39. The second-order valence-electron chi connectivity index (χ2n) is 7.80. The summed E-state index contributed by atoms with van der Waals surface area (Å²) in [5.74, 6) is 0.0966. The predicted molar refractivity (Wildman–Crippen MR) is 112 cm³/mol. The zero-order chi connectivity index (χ0) is 18.9. The maximum Gasteiger partial charge on any atom is 0.234 e. The van der Waals surface area contributed by atoms with E-state index >= 15 is 0 Å². The number of hydrogen-bond acceptors (Lipinski definition) is 2. The molecular weight excluding hydrogens is 344 g/mol. The topological polar surface area (TPSA) is 32.3 Å². The summed E-state index contributed by atoms with van der Waals surface area (Å²) in [7, 11) is 0. The Morgan fingerprint density at radius 1 is 0.821 bits per heavy atom. The molecule has 0 aromatic heterocycles. The number of rotatable bonds is 6.